The molecule has 2 heterocycles. The molecule has 0 bridgehead atoms. The number of ether oxygens (including phenoxy) is 1. The minimum absolute atomic E-state index is 0.214. The van der Waals surface area contributed by atoms with Gasteiger partial charge in [-0.05, 0) is 25.0 Å². The van der Waals surface area contributed by atoms with Crippen LogP contribution in [0, 0.1) is 0 Å². The van der Waals surface area contributed by atoms with Crippen LogP contribution in [0.25, 0.3) is 0 Å². The zero-order valence-corrected chi connectivity index (χ0v) is 15.1. The lowest BCUT2D eigenvalue weighted by atomic mass is 9.96. The lowest BCUT2D eigenvalue weighted by Gasteiger charge is -2.23. The Morgan fingerprint density at radius 1 is 1.35 bits per heavy atom. The molecule has 0 amide bonds. The first-order valence-corrected chi connectivity index (χ1v) is 8.76. The number of hydrogen-bond donors (Lipinski definition) is 3. The van der Waals surface area contributed by atoms with Crippen molar-refractivity contribution >= 4 is 17.6 Å². The number of rotatable bonds is 5. The topological polar surface area (TPSA) is 113 Å². The quantitative estimate of drug-likeness (QED) is 0.687. The molecule has 7 nitrogen and oxygen atoms in total. The van der Waals surface area contributed by atoms with Gasteiger partial charge < -0.3 is 25.6 Å². The van der Waals surface area contributed by atoms with Crippen molar-refractivity contribution in [3.63, 3.8) is 0 Å². The van der Waals surface area contributed by atoms with Crippen LogP contribution in [0.4, 0.5) is 5.69 Å². The van der Waals surface area contributed by atoms with Crippen molar-refractivity contribution in [1.82, 2.24) is 0 Å². The van der Waals surface area contributed by atoms with E-state index in [1.54, 1.807) is 0 Å². The molecule has 2 aliphatic heterocycles. The van der Waals surface area contributed by atoms with Gasteiger partial charge >= 0.3 is 11.9 Å². The lowest BCUT2D eigenvalue weighted by Crippen LogP contribution is -2.35. The molecule has 7 heteroatoms. The van der Waals surface area contributed by atoms with E-state index in [1.807, 2.05) is 0 Å². The first kappa shape index (κ1) is 19.8. The Balaban J connectivity index is 0.000000260. The molecule has 0 radical (unpaired) electrons. The average molecular weight is 362 g/mol. The van der Waals surface area contributed by atoms with Crippen LogP contribution in [0.15, 0.2) is 24.3 Å². The molecule has 1 aromatic rings. The van der Waals surface area contributed by atoms with E-state index < -0.39 is 11.9 Å². The van der Waals surface area contributed by atoms with Gasteiger partial charge in [-0.3, -0.25) is 0 Å². The minimum Gasteiger partial charge on any atom is -0.493 e. The molecule has 1 aromatic carbocycles. The van der Waals surface area contributed by atoms with Gasteiger partial charge in [-0.15, -0.1) is 0 Å². The Morgan fingerprint density at radius 3 is 2.54 bits per heavy atom. The monoisotopic (exact) mass is 362 g/mol. The Hall–Kier alpha value is -2.54. The number of fused-ring (bicyclic) bond motifs is 3. The first-order valence-electron chi connectivity index (χ1n) is 8.76. The number of benzene rings is 1. The van der Waals surface area contributed by atoms with Crippen LogP contribution >= 0.6 is 0 Å². The predicted molar refractivity (Wildman–Crippen MR) is 98.9 cm³/mol. The smallest absolute Gasteiger partial charge is 0.328 e. The maximum atomic E-state index is 9.55. The highest BCUT2D eigenvalue weighted by atomic mass is 16.5. The van der Waals surface area contributed by atoms with Gasteiger partial charge in [-0.25, -0.2) is 9.59 Å². The fraction of sp³-hybridized carbons (Fsp3) is 0.474. The van der Waals surface area contributed by atoms with E-state index in [1.165, 1.54) is 23.2 Å². The number of carbonyl (C=O) groups is 2. The summed E-state index contributed by atoms with van der Waals surface area (Å²) in [5.41, 5.74) is 10.3. The summed E-state index contributed by atoms with van der Waals surface area (Å²) in [5, 5.41) is 15.6. The average Bonchev–Trinajstić information content (AvgIpc) is 3.17. The van der Waals surface area contributed by atoms with E-state index >= 15 is 0 Å². The van der Waals surface area contributed by atoms with Crippen LogP contribution in [0.5, 0.6) is 5.75 Å². The number of hydrogen-bond acceptors (Lipinski definition) is 5. The van der Waals surface area contributed by atoms with Gasteiger partial charge in [0.25, 0.3) is 0 Å². The van der Waals surface area contributed by atoms with Gasteiger partial charge in [0.1, 0.15) is 5.75 Å². The van der Waals surface area contributed by atoms with E-state index in [0.717, 1.165) is 31.9 Å². The number of nitrogens with zero attached hydrogens (tertiary/aromatic N) is 1. The Bertz CT molecular complexity index is 683. The van der Waals surface area contributed by atoms with Gasteiger partial charge in [-0.1, -0.05) is 13.0 Å². The molecule has 0 saturated heterocycles. The number of carboxylic acids is 2. The van der Waals surface area contributed by atoms with E-state index in [4.69, 9.17) is 20.7 Å². The summed E-state index contributed by atoms with van der Waals surface area (Å²) < 4.78 is 5.69. The number of anilines is 1. The van der Waals surface area contributed by atoms with Crippen molar-refractivity contribution in [2.24, 2.45) is 5.73 Å². The van der Waals surface area contributed by atoms with Crippen molar-refractivity contribution < 1.29 is 24.5 Å². The third-order valence-electron chi connectivity index (χ3n) is 4.45. The van der Waals surface area contributed by atoms with Crippen LogP contribution in [-0.4, -0.2) is 47.9 Å². The second-order valence-corrected chi connectivity index (χ2v) is 6.58. The summed E-state index contributed by atoms with van der Waals surface area (Å²) in [7, 11) is 0. The Kier molecular flexibility index (Phi) is 6.63. The van der Waals surface area contributed by atoms with Crippen LogP contribution in [0.3, 0.4) is 0 Å². The van der Waals surface area contributed by atoms with Crippen molar-refractivity contribution in [2.45, 2.75) is 38.6 Å². The molecule has 0 saturated carbocycles. The molecule has 0 fully saturated rings. The molecule has 3 rings (SSSR count). The van der Waals surface area contributed by atoms with Crippen molar-refractivity contribution in [3.8, 4) is 5.75 Å². The van der Waals surface area contributed by atoms with E-state index in [0.29, 0.717) is 18.1 Å². The SMILES string of the molecule is CCC1CN(CC(C)N)c2c1ccc1c2CCO1.O=C(O)/C=C/C(=O)O. The Labute approximate surface area is 153 Å². The molecule has 26 heavy (non-hydrogen) atoms. The standard InChI is InChI=1S/C15H22N2O.C4H4O4/c1-3-11-9-17(8-10(2)16)15-12(11)4-5-14-13(15)6-7-18-14;5-3(6)1-2-4(7)8/h4-5,10-11H,3,6-9,16H2,1-2H3;1-2H,(H,5,6)(H,7,8)/b;2-1+. The fourth-order valence-corrected chi connectivity index (χ4v) is 3.44. The molecule has 2 aliphatic rings. The predicted octanol–water partition coefficient (Wildman–Crippen LogP) is 1.99. The summed E-state index contributed by atoms with van der Waals surface area (Å²) in [6.07, 6.45) is 3.36. The van der Waals surface area contributed by atoms with Crippen molar-refractivity contribution in [2.75, 3.05) is 24.6 Å². The van der Waals surface area contributed by atoms with E-state index in [9.17, 15) is 9.59 Å². The molecule has 142 valence electrons. The zero-order chi connectivity index (χ0) is 19.3. The molecular formula is C19H26N2O5. The molecular weight excluding hydrogens is 336 g/mol. The summed E-state index contributed by atoms with van der Waals surface area (Å²) >= 11 is 0. The maximum absolute atomic E-state index is 9.55. The van der Waals surface area contributed by atoms with Gasteiger partial charge in [0.05, 0.1) is 6.61 Å². The number of aliphatic carboxylic acids is 2. The molecule has 2 atom stereocenters. The summed E-state index contributed by atoms with van der Waals surface area (Å²) in [4.78, 5) is 21.6. The third-order valence-corrected chi connectivity index (χ3v) is 4.45. The maximum Gasteiger partial charge on any atom is 0.328 e. The highest BCUT2D eigenvalue weighted by molar-refractivity contribution is 5.89. The van der Waals surface area contributed by atoms with Crippen LogP contribution in [0.1, 0.15) is 37.3 Å². The van der Waals surface area contributed by atoms with Crippen LogP contribution in [0.2, 0.25) is 0 Å². The zero-order valence-electron chi connectivity index (χ0n) is 15.1. The lowest BCUT2D eigenvalue weighted by molar-refractivity contribution is -0.134. The number of carboxylic acid groups (broad SMARTS) is 2. The summed E-state index contributed by atoms with van der Waals surface area (Å²) in [6.45, 7) is 7.24. The van der Waals surface area contributed by atoms with Crippen LogP contribution in [-0.2, 0) is 16.0 Å². The van der Waals surface area contributed by atoms with Gasteiger partial charge in [0.2, 0.25) is 0 Å². The molecule has 2 unspecified atom stereocenters. The minimum atomic E-state index is -1.26. The van der Waals surface area contributed by atoms with Gasteiger partial charge in [0, 0.05) is 54.9 Å². The largest absolute Gasteiger partial charge is 0.493 e. The molecule has 0 aliphatic carbocycles. The second kappa shape index (κ2) is 8.71. The van der Waals surface area contributed by atoms with Crippen LogP contribution < -0.4 is 15.4 Å². The highest BCUT2D eigenvalue weighted by Gasteiger charge is 2.32. The normalized spacial score (nSPS) is 18.6. The fourth-order valence-electron chi connectivity index (χ4n) is 3.44. The third kappa shape index (κ3) is 4.76. The van der Waals surface area contributed by atoms with E-state index in [2.05, 4.69) is 30.9 Å². The van der Waals surface area contributed by atoms with Crippen molar-refractivity contribution in [1.29, 1.82) is 0 Å². The van der Waals surface area contributed by atoms with Gasteiger partial charge in [-0.2, -0.15) is 0 Å². The number of nitrogens with two attached hydrogens (primary N) is 1. The first-order chi connectivity index (χ1) is 12.3. The molecule has 0 aromatic heterocycles. The van der Waals surface area contributed by atoms with Crippen molar-refractivity contribution in [3.05, 3.63) is 35.4 Å². The Morgan fingerprint density at radius 2 is 2.00 bits per heavy atom. The highest BCUT2D eigenvalue weighted by Crippen LogP contribution is 2.45. The van der Waals surface area contributed by atoms with Gasteiger partial charge in [0.15, 0.2) is 0 Å². The molecule has 4 N–H and O–H groups in total. The summed E-state index contributed by atoms with van der Waals surface area (Å²) in [6, 6.07) is 4.63. The second-order valence-electron chi connectivity index (χ2n) is 6.58. The summed E-state index contributed by atoms with van der Waals surface area (Å²) in [5.74, 6) is -0.773. The molecule has 0 spiro atoms. The van der Waals surface area contributed by atoms with E-state index in [-0.39, 0.29) is 6.04 Å².